The SMILES string of the molecule is CC1=C(C2=Cc3ccccc3C2)Cc2ccccc21. The van der Waals surface area contributed by atoms with E-state index < -0.39 is 0 Å². The van der Waals surface area contributed by atoms with Gasteiger partial charge in [0.2, 0.25) is 0 Å². The van der Waals surface area contributed by atoms with Crippen molar-refractivity contribution in [3.63, 3.8) is 0 Å². The first kappa shape index (κ1) is 10.8. The average molecular weight is 244 g/mol. The van der Waals surface area contributed by atoms with Gasteiger partial charge in [0.25, 0.3) is 0 Å². The van der Waals surface area contributed by atoms with Crippen LogP contribution in [0.2, 0.25) is 0 Å². The third-order valence-corrected chi connectivity index (χ3v) is 4.39. The number of hydrogen-bond acceptors (Lipinski definition) is 0. The summed E-state index contributed by atoms with van der Waals surface area (Å²) in [6.45, 7) is 2.27. The van der Waals surface area contributed by atoms with Crippen LogP contribution < -0.4 is 0 Å². The van der Waals surface area contributed by atoms with Gasteiger partial charge in [0.15, 0.2) is 0 Å². The van der Waals surface area contributed by atoms with Gasteiger partial charge in [-0.15, -0.1) is 0 Å². The van der Waals surface area contributed by atoms with E-state index in [4.69, 9.17) is 0 Å². The Labute approximate surface area is 114 Å². The quantitative estimate of drug-likeness (QED) is 0.684. The van der Waals surface area contributed by atoms with Crippen molar-refractivity contribution < 1.29 is 0 Å². The van der Waals surface area contributed by atoms with Gasteiger partial charge in [-0.2, -0.15) is 0 Å². The van der Waals surface area contributed by atoms with E-state index >= 15 is 0 Å². The molecule has 0 bridgehead atoms. The van der Waals surface area contributed by atoms with Gasteiger partial charge in [0.1, 0.15) is 0 Å². The largest absolute Gasteiger partial charge is 0.0619 e. The lowest BCUT2D eigenvalue weighted by atomic mass is 9.99. The second-order valence-electron chi connectivity index (χ2n) is 5.48. The first-order chi connectivity index (χ1) is 9.33. The first-order valence-electron chi connectivity index (χ1n) is 6.90. The molecule has 4 rings (SSSR count). The molecule has 0 nitrogen and oxygen atoms in total. The Kier molecular flexibility index (Phi) is 2.25. The molecule has 0 heteroatoms. The van der Waals surface area contributed by atoms with Crippen molar-refractivity contribution in [3.05, 3.63) is 81.9 Å². The van der Waals surface area contributed by atoms with Crippen LogP contribution in [0.3, 0.4) is 0 Å². The molecule has 0 fully saturated rings. The summed E-state index contributed by atoms with van der Waals surface area (Å²) in [4.78, 5) is 0. The number of fused-ring (bicyclic) bond motifs is 2. The predicted octanol–water partition coefficient (Wildman–Crippen LogP) is 4.66. The summed E-state index contributed by atoms with van der Waals surface area (Å²) < 4.78 is 0. The van der Waals surface area contributed by atoms with Crippen LogP contribution in [0.15, 0.2) is 59.7 Å². The van der Waals surface area contributed by atoms with E-state index in [-0.39, 0.29) is 0 Å². The van der Waals surface area contributed by atoms with Gasteiger partial charge in [0.05, 0.1) is 0 Å². The highest BCUT2D eigenvalue weighted by molar-refractivity contribution is 5.82. The van der Waals surface area contributed by atoms with Crippen LogP contribution in [0.1, 0.15) is 29.2 Å². The highest BCUT2D eigenvalue weighted by atomic mass is 14.3. The molecule has 2 aromatic carbocycles. The minimum Gasteiger partial charge on any atom is -0.0619 e. The number of benzene rings is 2. The molecule has 0 N–H and O–H groups in total. The molecule has 0 saturated heterocycles. The maximum absolute atomic E-state index is 2.38. The normalized spacial score (nSPS) is 16.4. The molecular weight excluding hydrogens is 228 g/mol. The third kappa shape index (κ3) is 1.60. The molecular formula is C19H16. The van der Waals surface area contributed by atoms with Crippen molar-refractivity contribution in [2.24, 2.45) is 0 Å². The van der Waals surface area contributed by atoms with E-state index in [0.717, 1.165) is 12.8 Å². The Morgan fingerprint density at radius 3 is 2.32 bits per heavy atom. The lowest BCUT2D eigenvalue weighted by Crippen LogP contribution is -1.91. The lowest BCUT2D eigenvalue weighted by Gasteiger charge is -2.05. The smallest absolute Gasteiger partial charge is 0.00140 e. The van der Waals surface area contributed by atoms with Crippen molar-refractivity contribution in [2.75, 3.05) is 0 Å². The fraction of sp³-hybridized carbons (Fsp3) is 0.158. The van der Waals surface area contributed by atoms with E-state index in [2.05, 4.69) is 61.5 Å². The van der Waals surface area contributed by atoms with Crippen LogP contribution in [0.25, 0.3) is 11.6 Å². The second kappa shape index (κ2) is 3.96. The van der Waals surface area contributed by atoms with E-state index in [1.165, 1.54) is 39.0 Å². The maximum Gasteiger partial charge on any atom is -0.00140 e. The summed E-state index contributed by atoms with van der Waals surface area (Å²) in [5.74, 6) is 0. The Balaban J connectivity index is 1.76. The van der Waals surface area contributed by atoms with Crippen molar-refractivity contribution in [1.82, 2.24) is 0 Å². The summed E-state index contributed by atoms with van der Waals surface area (Å²) >= 11 is 0. The van der Waals surface area contributed by atoms with Crippen molar-refractivity contribution in [2.45, 2.75) is 19.8 Å². The molecule has 0 amide bonds. The van der Waals surface area contributed by atoms with Gasteiger partial charge in [-0.1, -0.05) is 54.6 Å². The van der Waals surface area contributed by atoms with E-state index in [1.807, 2.05) is 0 Å². The zero-order valence-corrected chi connectivity index (χ0v) is 11.1. The zero-order chi connectivity index (χ0) is 12.8. The molecule has 0 radical (unpaired) electrons. The molecule has 0 saturated carbocycles. The standard InChI is InChI=1S/C19H16/c1-13-18-9-5-4-8-16(18)12-19(13)17-10-14-6-2-3-7-15(14)11-17/h2-10H,11-12H2,1H3. The summed E-state index contributed by atoms with van der Waals surface area (Å²) in [5, 5.41) is 0. The molecule has 2 aromatic rings. The van der Waals surface area contributed by atoms with Crippen LogP contribution in [-0.2, 0) is 12.8 Å². The van der Waals surface area contributed by atoms with Gasteiger partial charge in [-0.05, 0) is 58.7 Å². The molecule has 0 aromatic heterocycles. The van der Waals surface area contributed by atoms with Gasteiger partial charge in [0, 0.05) is 0 Å². The number of allylic oxidation sites excluding steroid dienone is 3. The Morgan fingerprint density at radius 1 is 0.789 bits per heavy atom. The number of hydrogen-bond donors (Lipinski definition) is 0. The Hall–Kier alpha value is -2.08. The average Bonchev–Trinajstić information content (AvgIpc) is 3.00. The third-order valence-electron chi connectivity index (χ3n) is 4.39. The summed E-state index contributed by atoms with van der Waals surface area (Å²) in [6.07, 6.45) is 4.57. The monoisotopic (exact) mass is 244 g/mol. The minimum atomic E-state index is 1.09. The molecule has 2 aliphatic rings. The highest BCUT2D eigenvalue weighted by Crippen LogP contribution is 2.40. The van der Waals surface area contributed by atoms with Crippen molar-refractivity contribution >= 4 is 11.6 Å². The molecule has 92 valence electrons. The fourth-order valence-corrected chi connectivity index (χ4v) is 3.35. The minimum absolute atomic E-state index is 1.09. The molecule has 0 aliphatic heterocycles. The van der Waals surface area contributed by atoms with Gasteiger partial charge in [-0.25, -0.2) is 0 Å². The Morgan fingerprint density at radius 2 is 1.53 bits per heavy atom. The van der Waals surface area contributed by atoms with Crippen LogP contribution >= 0.6 is 0 Å². The van der Waals surface area contributed by atoms with E-state index in [0.29, 0.717) is 0 Å². The van der Waals surface area contributed by atoms with E-state index in [1.54, 1.807) is 0 Å². The molecule has 0 spiro atoms. The van der Waals surface area contributed by atoms with Crippen LogP contribution in [0.5, 0.6) is 0 Å². The van der Waals surface area contributed by atoms with E-state index in [9.17, 15) is 0 Å². The van der Waals surface area contributed by atoms with Crippen molar-refractivity contribution in [3.8, 4) is 0 Å². The van der Waals surface area contributed by atoms with Crippen LogP contribution in [-0.4, -0.2) is 0 Å². The first-order valence-corrected chi connectivity index (χ1v) is 6.90. The second-order valence-corrected chi connectivity index (χ2v) is 5.48. The topological polar surface area (TPSA) is 0 Å². The summed E-state index contributed by atoms with van der Waals surface area (Å²) in [7, 11) is 0. The maximum atomic E-state index is 2.38. The molecule has 0 atom stereocenters. The highest BCUT2D eigenvalue weighted by Gasteiger charge is 2.23. The van der Waals surface area contributed by atoms with Crippen LogP contribution in [0.4, 0.5) is 0 Å². The fourth-order valence-electron chi connectivity index (χ4n) is 3.35. The number of rotatable bonds is 1. The van der Waals surface area contributed by atoms with Gasteiger partial charge >= 0.3 is 0 Å². The Bertz CT molecular complexity index is 729. The molecule has 0 unspecified atom stereocenters. The van der Waals surface area contributed by atoms with Gasteiger partial charge in [-0.3, -0.25) is 0 Å². The molecule has 0 heterocycles. The summed E-state index contributed by atoms with van der Waals surface area (Å²) in [6, 6.07) is 17.5. The van der Waals surface area contributed by atoms with Crippen molar-refractivity contribution in [1.29, 1.82) is 0 Å². The molecule has 19 heavy (non-hydrogen) atoms. The van der Waals surface area contributed by atoms with Crippen LogP contribution in [0, 0.1) is 0 Å². The van der Waals surface area contributed by atoms with Gasteiger partial charge < -0.3 is 0 Å². The summed E-state index contributed by atoms with van der Waals surface area (Å²) in [5.41, 5.74) is 10.3. The predicted molar refractivity (Wildman–Crippen MR) is 80.9 cm³/mol. The lowest BCUT2D eigenvalue weighted by molar-refractivity contribution is 1.13. The zero-order valence-electron chi connectivity index (χ0n) is 11.1. The molecule has 2 aliphatic carbocycles.